The van der Waals surface area contributed by atoms with Gasteiger partial charge in [-0.3, -0.25) is 4.79 Å². The van der Waals surface area contributed by atoms with Crippen LogP contribution in [0.15, 0.2) is 0 Å². The lowest BCUT2D eigenvalue weighted by Crippen LogP contribution is -2.67. The molecule has 9 N–H and O–H groups in total. The summed E-state index contributed by atoms with van der Waals surface area (Å²) in [6.45, 7) is -1.24. The average Bonchev–Trinajstić information content (AvgIpc) is 2.75. The van der Waals surface area contributed by atoms with Gasteiger partial charge in [0, 0.05) is 6.92 Å². The van der Waals surface area contributed by atoms with Gasteiger partial charge in [-0.1, -0.05) is 0 Å². The predicted octanol–water partition coefficient (Wildman–Crippen LogP) is -5.88. The number of ether oxygens (including phenoxy) is 4. The molecule has 0 aromatic rings. The summed E-state index contributed by atoms with van der Waals surface area (Å²) in [7, 11) is 0. The monoisotopic (exact) mass is 457 g/mol. The number of nitrogens with one attached hydrogen (secondary N) is 1. The number of aliphatic hydroxyl groups excluding tert-OH is 8. The zero-order valence-corrected chi connectivity index (χ0v) is 16.8. The summed E-state index contributed by atoms with van der Waals surface area (Å²) in [6, 6.07) is -1.25. The number of carbonyl (C=O) groups excluding carboxylic acids is 1. The van der Waals surface area contributed by atoms with E-state index < -0.39 is 99.8 Å². The highest BCUT2D eigenvalue weighted by molar-refractivity contribution is 5.73. The Morgan fingerprint density at radius 3 is 2.10 bits per heavy atom. The molecule has 2 saturated heterocycles. The molecule has 2 heterocycles. The Labute approximate surface area is 177 Å². The normalized spacial score (nSPS) is 42.2. The first-order valence-electron chi connectivity index (χ1n) is 9.72. The second-order valence-corrected chi connectivity index (χ2v) is 7.41. The molecule has 0 spiro atoms. The van der Waals surface area contributed by atoms with E-state index in [4.69, 9.17) is 24.1 Å². The molecule has 0 unspecified atom stereocenters. The standard InChI is InChI=1S/C17H31NO13/c1-6(22)18-10-12(25)15(9(4-21)30-16(10)28-5-7(23)2-19)31-17-14(27)13(26)11(24)8(3-20)29-17/h7-17,19-21,23-27H,2-5H2,1H3,(H,18,22)/t7-,8-,9-,10-,11+,12-,13+,14-,15-,16-,17+/m1/s1. The van der Waals surface area contributed by atoms with Crippen LogP contribution in [0.3, 0.4) is 0 Å². The Morgan fingerprint density at radius 1 is 0.935 bits per heavy atom. The van der Waals surface area contributed by atoms with Crippen LogP contribution in [0.4, 0.5) is 0 Å². The summed E-state index contributed by atoms with van der Waals surface area (Å²) >= 11 is 0. The minimum absolute atomic E-state index is 0.402. The van der Waals surface area contributed by atoms with Crippen LogP contribution in [0.2, 0.25) is 0 Å². The van der Waals surface area contributed by atoms with Gasteiger partial charge in [0.25, 0.3) is 0 Å². The molecule has 11 atom stereocenters. The summed E-state index contributed by atoms with van der Waals surface area (Å²) in [5.74, 6) is -0.571. The van der Waals surface area contributed by atoms with E-state index in [-0.39, 0.29) is 0 Å². The van der Waals surface area contributed by atoms with Gasteiger partial charge < -0.3 is 65.1 Å². The molecule has 31 heavy (non-hydrogen) atoms. The molecule has 0 aromatic heterocycles. The lowest BCUT2D eigenvalue weighted by molar-refractivity contribution is -0.349. The number of rotatable bonds is 9. The van der Waals surface area contributed by atoms with Gasteiger partial charge in [0.1, 0.15) is 54.9 Å². The smallest absolute Gasteiger partial charge is 0.217 e. The van der Waals surface area contributed by atoms with Gasteiger partial charge in [-0.05, 0) is 0 Å². The fraction of sp³-hybridized carbons (Fsp3) is 0.941. The van der Waals surface area contributed by atoms with E-state index >= 15 is 0 Å². The predicted molar refractivity (Wildman–Crippen MR) is 97.0 cm³/mol. The first-order valence-corrected chi connectivity index (χ1v) is 9.72. The third kappa shape index (κ3) is 6.28. The maximum Gasteiger partial charge on any atom is 0.217 e. The molecular weight excluding hydrogens is 426 g/mol. The van der Waals surface area contributed by atoms with Crippen molar-refractivity contribution in [2.75, 3.05) is 26.4 Å². The molecule has 2 fully saturated rings. The van der Waals surface area contributed by atoms with E-state index in [2.05, 4.69) is 5.32 Å². The maximum atomic E-state index is 11.6. The van der Waals surface area contributed by atoms with E-state index in [9.17, 15) is 40.5 Å². The third-order valence-corrected chi connectivity index (χ3v) is 5.03. The number of carbonyl (C=O) groups is 1. The van der Waals surface area contributed by atoms with Crippen molar-refractivity contribution in [2.45, 2.75) is 74.4 Å². The Balaban J connectivity index is 2.19. The molecule has 0 saturated carbocycles. The topological polar surface area (TPSA) is 228 Å². The van der Waals surface area contributed by atoms with Crippen molar-refractivity contribution in [2.24, 2.45) is 0 Å². The highest BCUT2D eigenvalue weighted by Gasteiger charge is 2.51. The Morgan fingerprint density at radius 2 is 1.55 bits per heavy atom. The average molecular weight is 457 g/mol. The first-order chi connectivity index (χ1) is 14.6. The molecule has 0 bridgehead atoms. The minimum atomic E-state index is -1.77. The van der Waals surface area contributed by atoms with Crippen LogP contribution < -0.4 is 5.32 Å². The van der Waals surface area contributed by atoms with Crippen LogP contribution in [-0.4, -0.2) is 141 Å². The van der Waals surface area contributed by atoms with Crippen molar-refractivity contribution >= 4 is 5.91 Å². The minimum Gasteiger partial charge on any atom is -0.394 e. The van der Waals surface area contributed by atoms with Gasteiger partial charge in [-0.25, -0.2) is 0 Å². The summed E-state index contributed by atoms with van der Waals surface area (Å²) < 4.78 is 21.6. The fourth-order valence-corrected chi connectivity index (χ4v) is 3.36. The molecule has 0 radical (unpaired) electrons. The molecule has 14 nitrogen and oxygen atoms in total. The molecule has 2 aliphatic rings. The third-order valence-electron chi connectivity index (χ3n) is 5.03. The van der Waals surface area contributed by atoms with Crippen LogP contribution >= 0.6 is 0 Å². The highest BCUT2D eigenvalue weighted by atomic mass is 16.7. The van der Waals surface area contributed by atoms with Crippen molar-refractivity contribution in [1.29, 1.82) is 0 Å². The molecule has 1 amide bonds. The molecule has 0 aromatic carbocycles. The van der Waals surface area contributed by atoms with E-state index in [1.807, 2.05) is 0 Å². The number of aliphatic hydroxyl groups is 8. The van der Waals surface area contributed by atoms with Gasteiger partial charge in [-0.2, -0.15) is 0 Å². The number of hydrogen-bond donors (Lipinski definition) is 9. The van der Waals surface area contributed by atoms with Crippen LogP contribution in [0.25, 0.3) is 0 Å². The van der Waals surface area contributed by atoms with Crippen LogP contribution in [0.1, 0.15) is 6.92 Å². The van der Waals surface area contributed by atoms with Crippen LogP contribution in [0, 0.1) is 0 Å². The number of hydrogen-bond acceptors (Lipinski definition) is 13. The summed E-state index contributed by atoms with van der Waals surface area (Å²) in [5.41, 5.74) is 0. The second kappa shape index (κ2) is 11.7. The molecule has 0 aliphatic carbocycles. The van der Waals surface area contributed by atoms with E-state index in [0.717, 1.165) is 6.92 Å². The van der Waals surface area contributed by atoms with Crippen molar-refractivity contribution in [3.8, 4) is 0 Å². The second-order valence-electron chi connectivity index (χ2n) is 7.41. The Kier molecular flexibility index (Phi) is 9.94. The van der Waals surface area contributed by atoms with Crippen molar-refractivity contribution < 1.29 is 64.6 Å². The van der Waals surface area contributed by atoms with E-state index in [0.29, 0.717) is 0 Å². The SMILES string of the molecule is CC(=O)N[C@H]1[C@H](OC[C@H](O)CO)O[C@H](CO)[C@@H](O[C@@H]2O[C@H](CO)[C@H](O)[C@H](O)[C@H]2O)[C@@H]1O. The molecular formula is C17H31NO13. The lowest BCUT2D eigenvalue weighted by Gasteiger charge is -2.47. The van der Waals surface area contributed by atoms with Gasteiger partial charge in [-0.15, -0.1) is 0 Å². The first kappa shape index (κ1) is 26.2. The highest BCUT2D eigenvalue weighted by Crippen LogP contribution is 2.29. The van der Waals surface area contributed by atoms with Crippen molar-refractivity contribution in [3.05, 3.63) is 0 Å². The van der Waals surface area contributed by atoms with Crippen LogP contribution in [0.5, 0.6) is 0 Å². The summed E-state index contributed by atoms with van der Waals surface area (Å²) in [4.78, 5) is 11.6. The van der Waals surface area contributed by atoms with Crippen LogP contribution in [-0.2, 0) is 23.7 Å². The largest absolute Gasteiger partial charge is 0.394 e. The van der Waals surface area contributed by atoms with E-state index in [1.54, 1.807) is 0 Å². The maximum absolute atomic E-state index is 11.6. The summed E-state index contributed by atoms with van der Waals surface area (Å²) in [6.07, 6.45) is -14.9. The van der Waals surface area contributed by atoms with Crippen molar-refractivity contribution in [1.82, 2.24) is 5.32 Å². The quantitative estimate of drug-likeness (QED) is 0.157. The van der Waals surface area contributed by atoms with Gasteiger partial charge >= 0.3 is 0 Å². The zero-order chi connectivity index (χ0) is 23.3. The molecule has 2 rings (SSSR count). The lowest BCUT2D eigenvalue weighted by atomic mass is 9.95. The van der Waals surface area contributed by atoms with E-state index in [1.165, 1.54) is 0 Å². The fourth-order valence-electron chi connectivity index (χ4n) is 3.36. The zero-order valence-electron chi connectivity index (χ0n) is 16.8. The molecule has 14 heteroatoms. The molecule has 2 aliphatic heterocycles. The van der Waals surface area contributed by atoms with Gasteiger partial charge in [0.2, 0.25) is 5.91 Å². The molecule has 182 valence electrons. The van der Waals surface area contributed by atoms with Gasteiger partial charge in [0.05, 0.1) is 26.4 Å². The Bertz CT molecular complexity index is 566. The Hall–Kier alpha value is -1.01. The number of amides is 1. The van der Waals surface area contributed by atoms with Gasteiger partial charge in [0.15, 0.2) is 12.6 Å². The summed E-state index contributed by atoms with van der Waals surface area (Å²) in [5, 5.41) is 80.5. The van der Waals surface area contributed by atoms with Crippen molar-refractivity contribution in [3.63, 3.8) is 0 Å².